The van der Waals surface area contributed by atoms with E-state index in [-0.39, 0.29) is 31.0 Å². The van der Waals surface area contributed by atoms with Gasteiger partial charge < -0.3 is 15.3 Å². The summed E-state index contributed by atoms with van der Waals surface area (Å²) in [5.41, 5.74) is 0.537. The van der Waals surface area contributed by atoms with Crippen molar-refractivity contribution in [2.24, 2.45) is 0 Å². The van der Waals surface area contributed by atoms with Crippen LogP contribution in [0.3, 0.4) is 0 Å². The van der Waals surface area contributed by atoms with Gasteiger partial charge in [0.05, 0.1) is 19.2 Å². The van der Waals surface area contributed by atoms with Gasteiger partial charge in [-0.15, -0.1) is 0 Å². The molecule has 5 nitrogen and oxygen atoms in total. The molecular formula is C14H18N2O3. The normalized spacial score (nSPS) is 18.4. The molecule has 1 aromatic rings. The zero-order chi connectivity index (χ0) is 13.7. The number of carbonyl (C=O) groups is 2. The Hall–Kier alpha value is -1.88. The standard InChI is InChI=1S/C14H18N2O3/c17-10-12-7-4-8-16(12)13(18)9-15-14(19)11-5-2-1-3-6-11/h1-3,5-6,12,17H,4,7-10H2,(H,15,19)/t12-/m1/s1. The van der Waals surface area contributed by atoms with Crippen LogP contribution in [-0.2, 0) is 4.79 Å². The highest BCUT2D eigenvalue weighted by Gasteiger charge is 2.27. The molecule has 0 radical (unpaired) electrons. The van der Waals surface area contributed by atoms with Gasteiger partial charge in [-0.2, -0.15) is 0 Å². The van der Waals surface area contributed by atoms with E-state index in [0.29, 0.717) is 12.1 Å². The summed E-state index contributed by atoms with van der Waals surface area (Å²) in [6.07, 6.45) is 1.73. The van der Waals surface area contributed by atoms with Crippen LogP contribution in [0.1, 0.15) is 23.2 Å². The molecule has 1 aromatic carbocycles. The number of benzene rings is 1. The number of hydrogen-bond acceptors (Lipinski definition) is 3. The number of rotatable bonds is 4. The first-order valence-electron chi connectivity index (χ1n) is 6.46. The van der Waals surface area contributed by atoms with Crippen molar-refractivity contribution in [2.45, 2.75) is 18.9 Å². The molecule has 5 heteroatoms. The maximum atomic E-state index is 12.0. The molecular weight excluding hydrogens is 244 g/mol. The van der Waals surface area contributed by atoms with Crippen molar-refractivity contribution in [3.8, 4) is 0 Å². The summed E-state index contributed by atoms with van der Waals surface area (Å²) >= 11 is 0. The summed E-state index contributed by atoms with van der Waals surface area (Å²) in [5.74, 6) is -0.394. The van der Waals surface area contributed by atoms with E-state index in [2.05, 4.69) is 5.32 Å². The molecule has 102 valence electrons. The lowest BCUT2D eigenvalue weighted by Gasteiger charge is -2.23. The molecule has 1 aliphatic heterocycles. The maximum absolute atomic E-state index is 12.0. The van der Waals surface area contributed by atoms with Crippen molar-refractivity contribution in [2.75, 3.05) is 19.7 Å². The molecule has 0 aliphatic carbocycles. The Morgan fingerprint density at radius 1 is 1.32 bits per heavy atom. The van der Waals surface area contributed by atoms with Gasteiger partial charge in [0, 0.05) is 12.1 Å². The maximum Gasteiger partial charge on any atom is 0.251 e. The minimum atomic E-state index is -0.256. The summed E-state index contributed by atoms with van der Waals surface area (Å²) < 4.78 is 0. The molecule has 0 unspecified atom stereocenters. The molecule has 2 N–H and O–H groups in total. The first-order valence-corrected chi connectivity index (χ1v) is 6.46. The van der Waals surface area contributed by atoms with Gasteiger partial charge in [-0.3, -0.25) is 9.59 Å². The Morgan fingerprint density at radius 3 is 2.74 bits per heavy atom. The van der Waals surface area contributed by atoms with Gasteiger partial charge in [-0.1, -0.05) is 18.2 Å². The molecule has 1 aliphatic rings. The second-order valence-corrected chi connectivity index (χ2v) is 4.61. The molecule has 0 bridgehead atoms. The third-order valence-corrected chi connectivity index (χ3v) is 3.34. The topological polar surface area (TPSA) is 69.6 Å². The van der Waals surface area contributed by atoms with Gasteiger partial charge in [0.2, 0.25) is 5.91 Å². The van der Waals surface area contributed by atoms with E-state index in [1.165, 1.54) is 0 Å². The number of nitrogens with one attached hydrogen (secondary N) is 1. The number of carbonyl (C=O) groups excluding carboxylic acids is 2. The van der Waals surface area contributed by atoms with Crippen LogP contribution in [0.2, 0.25) is 0 Å². The van der Waals surface area contributed by atoms with Crippen LogP contribution < -0.4 is 5.32 Å². The van der Waals surface area contributed by atoms with Crippen LogP contribution >= 0.6 is 0 Å². The van der Waals surface area contributed by atoms with Gasteiger partial charge in [0.25, 0.3) is 5.91 Å². The van der Waals surface area contributed by atoms with Crippen LogP contribution in [0.5, 0.6) is 0 Å². The third-order valence-electron chi connectivity index (χ3n) is 3.34. The van der Waals surface area contributed by atoms with Crippen molar-refractivity contribution < 1.29 is 14.7 Å². The fraction of sp³-hybridized carbons (Fsp3) is 0.429. The lowest BCUT2D eigenvalue weighted by Crippen LogP contribution is -2.43. The van der Waals surface area contributed by atoms with Gasteiger partial charge in [0.1, 0.15) is 0 Å². The summed E-state index contributed by atoms with van der Waals surface area (Å²) in [7, 11) is 0. The minimum absolute atomic E-state index is 0.0155. The molecule has 2 rings (SSSR count). The van der Waals surface area contributed by atoms with Crippen LogP contribution in [0.25, 0.3) is 0 Å². The van der Waals surface area contributed by atoms with Crippen LogP contribution in [0.15, 0.2) is 30.3 Å². The van der Waals surface area contributed by atoms with Crippen molar-refractivity contribution in [3.63, 3.8) is 0 Å². The van der Waals surface area contributed by atoms with Gasteiger partial charge >= 0.3 is 0 Å². The number of aliphatic hydroxyl groups excluding tert-OH is 1. The highest BCUT2D eigenvalue weighted by Crippen LogP contribution is 2.16. The Morgan fingerprint density at radius 2 is 2.05 bits per heavy atom. The number of likely N-dealkylation sites (tertiary alicyclic amines) is 1. The molecule has 0 aromatic heterocycles. The zero-order valence-corrected chi connectivity index (χ0v) is 10.7. The number of aliphatic hydroxyl groups is 1. The molecule has 1 fully saturated rings. The summed E-state index contributed by atoms with van der Waals surface area (Å²) in [5, 5.41) is 11.8. The van der Waals surface area contributed by atoms with E-state index in [1.807, 2.05) is 6.07 Å². The first-order chi connectivity index (χ1) is 9.22. The summed E-state index contributed by atoms with van der Waals surface area (Å²) in [4.78, 5) is 25.4. The van der Waals surface area contributed by atoms with Crippen molar-refractivity contribution in [3.05, 3.63) is 35.9 Å². The van der Waals surface area contributed by atoms with E-state index in [0.717, 1.165) is 12.8 Å². The third kappa shape index (κ3) is 3.32. The fourth-order valence-electron chi connectivity index (χ4n) is 2.30. The van der Waals surface area contributed by atoms with Gasteiger partial charge in [-0.25, -0.2) is 0 Å². The Balaban J connectivity index is 1.85. The van der Waals surface area contributed by atoms with Crippen LogP contribution in [0, 0.1) is 0 Å². The Kier molecular flexibility index (Phi) is 4.52. The molecule has 1 saturated heterocycles. The van der Waals surface area contributed by atoms with E-state index in [9.17, 15) is 9.59 Å². The minimum Gasteiger partial charge on any atom is -0.394 e. The SMILES string of the molecule is O=C(NCC(=O)N1CCC[C@@H]1CO)c1ccccc1. The zero-order valence-electron chi connectivity index (χ0n) is 10.7. The average molecular weight is 262 g/mol. The monoisotopic (exact) mass is 262 g/mol. The first kappa shape index (κ1) is 13.5. The number of amides is 2. The second-order valence-electron chi connectivity index (χ2n) is 4.61. The van der Waals surface area contributed by atoms with E-state index < -0.39 is 0 Å². The number of nitrogens with zero attached hydrogens (tertiary/aromatic N) is 1. The summed E-state index contributed by atoms with van der Waals surface area (Å²) in [6.45, 7) is 0.619. The second kappa shape index (κ2) is 6.33. The largest absolute Gasteiger partial charge is 0.394 e. The fourth-order valence-corrected chi connectivity index (χ4v) is 2.30. The van der Waals surface area contributed by atoms with Crippen molar-refractivity contribution in [1.82, 2.24) is 10.2 Å². The molecule has 2 amide bonds. The van der Waals surface area contributed by atoms with Crippen LogP contribution in [-0.4, -0.2) is 47.6 Å². The smallest absolute Gasteiger partial charge is 0.251 e. The van der Waals surface area contributed by atoms with E-state index in [1.54, 1.807) is 29.2 Å². The van der Waals surface area contributed by atoms with Crippen molar-refractivity contribution in [1.29, 1.82) is 0 Å². The van der Waals surface area contributed by atoms with E-state index in [4.69, 9.17) is 5.11 Å². The average Bonchev–Trinajstić information content (AvgIpc) is 2.93. The Labute approximate surface area is 112 Å². The van der Waals surface area contributed by atoms with Crippen molar-refractivity contribution >= 4 is 11.8 Å². The molecule has 0 spiro atoms. The highest BCUT2D eigenvalue weighted by molar-refractivity contribution is 5.96. The lowest BCUT2D eigenvalue weighted by molar-refractivity contribution is -0.131. The van der Waals surface area contributed by atoms with Gasteiger partial charge in [-0.05, 0) is 25.0 Å². The number of hydrogen-bond donors (Lipinski definition) is 2. The molecule has 19 heavy (non-hydrogen) atoms. The molecule has 1 atom stereocenters. The van der Waals surface area contributed by atoms with Gasteiger partial charge in [0.15, 0.2) is 0 Å². The highest BCUT2D eigenvalue weighted by atomic mass is 16.3. The lowest BCUT2D eigenvalue weighted by atomic mass is 10.2. The predicted molar refractivity (Wildman–Crippen MR) is 70.6 cm³/mol. The van der Waals surface area contributed by atoms with E-state index >= 15 is 0 Å². The quantitative estimate of drug-likeness (QED) is 0.825. The molecule has 1 heterocycles. The predicted octanol–water partition coefficient (Wildman–Crippen LogP) is 0.400. The summed E-state index contributed by atoms with van der Waals surface area (Å²) in [6, 6.07) is 8.69. The Bertz CT molecular complexity index is 447. The van der Waals surface area contributed by atoms with Crippen LogP contribution in [0.4, 0.5) is 0 Å². The molecule has 0 saturated carbocycles.